The molecule has 0 bridgehead atoms. The van der Waals surface area contributed by atoms with Crippen molar-refractivity contribution in [3.05, 3.63) is 266 Å². The maximum atomic E-state index is 2.47. The third kappa shape index (κ3) is 6.49. The van der Waals surface area contributed by atoms with Crippen LogP contribution in [0.15, 0.2) is 255 Å². The van der Waals surface area contributed by atoms with Crippen molar-refractivity contribution in [2.24, 2.45) is 0 Å². The summed E-state index contributed by atoms with van der Waals surface area (Å²) in [5, 5.41) is 9.95. The molecule has 0 amide bonds. The number of para-hydroxylation sites is 2. The molecule has 334 valence electrons. The minimum atomic E-state index is -0.0881. The van der Waals surface area contributed by atoms with E-state index in [4.69, 9.17) is 0 Å². The molecule has 0 saturated carbocycles. The van der Waals surface area contributed by atoms with Crippen LogP contribution in [0.5, 0.6) is 0 Å². The Hall–Kier alpha value is -8.98. The number of fused-ring (bicyclic) bond motifs is 9. The maximum absolute atomic E-state index is 2.47. The van der Waals surface area contributed by atoms with Crippen LogP contribution in [0.2, 0.25) is 0 Å². The highest BCUT2D eigenvalue weighted by Gasteiger charge is 2.35. The topological polar surface area (TPSA) is 8.17 Å². The Morgan fingerprint density at radius 3 is 1.52 bits per heavy atom. The largest absolute Gasteiger partial charge is 0.310 e. The molecule has 14 rings (SSSR count). The zero-order chi connectivity index (χ0) is 47.2. The lowest BCUT2D eigenvalue weighted by Gasteiger charge is -2.26. The van der Waals surface area contributed by atoms with Gasteiger partial charge in [0, 0.05) is 38.9 Å². The van der Waals surface area contributed by atoms with Crippen LogP contribution >= 0.6 is 0 Å². The van der Waals surface area contributed by atoms with E-state index in [0.29, 0.717) is 0 Å². The Kier molecular flexibility index (Phi) is 9.28. The highest BCUT2D eigenvalue weighted by Crippen LogP contribution is 2.52. The van der Waals surface area contributed by atoms with Crippen LogP contribution in [0.3, 0.4) is 0 Å². The van der Waals surface area contributed by atoms with Crippen molar-refractivity contribution < 1.29 is 0 Å². The lowest BCUT2D eigenvalue weighted by Crippen LogP contribution is -2.14. The summed E-state index contributed by atoms with van der Waals surface area (Å²) in [4.78, 5) is 2.41. The van der Waals surface area contributed by atoms with Gasteiger partial charge in [-0.1, -0.05) is 196 Å². The summed E-state index contributed by atoms with van der Waals surface area (Å²) >= 11 is 0. The van der Waals surface area contributed by atoms with E-state index < -0.39 is 0 Å². The molecule has 0 N–H and O–H groups in total. The second-order valence-corrected chi connectivity index (χ2v) is 19.7. The van der Waals surface area contributed by atoms with Gasteiger partial charge in [0.2, 0.25) is 0 Å². The summed E-state index contributed by atoms with van der Waals surface area (Å²) in [6.45, 7) is 4.74. The van der Waals surface area contributed by atoms with Crippen molar-refractivity contribution in [2.45, 2.75) is 19.3 Å². The average Bonchev–Trinajstić information content (AvgIpc) is 3.88. The number of rotatable bonds is 7. The summed E-state index contributed by atoms with van der Waals surface area (Å²) < 4.78 is 2.38. The molecule has 0 saturated heterocycles. The fraction of sp³-hybridized carbons (Fsp3) is 0.0435. The smallest absolute Gasteiger partial charge is 0.0542 e. The van der Waals surface area contributed by atoms with Crippen LogP contribution < -0.4 is 4.90 Å². The lowest BCUT2D eigenvalue weighted by molar-refractivity contribution is 0.660. The number of hydrogen-bond donors (Lipinski definition) is 0. The van der Waals surface area contributed by atoms with E-state index in [0.717, 1.165) is 22.7 Å². The molecule has 2 nitrogen and oxygen atoms in total. The Labute approximate surface area is 414 Å². The number of nitrogens with zero attached hydrogens (tertiary/aromatic N) is 2. The minimum Gasteiger partial charge on any atom is -0.310 e. The minimum absolute atomic E-state index is 0.0881. The first-order valence-corrected chi connectivity index (χ1v) is 24.7. The monoisotopic (exact) mass is 904 g/mol. The second kappa shape index (κ2) is 16.1. The molecule has 1 aliphatic rings. The van der Waals surface area contributed by atoms with Crippen molar-refractivity contribution in [2.75, 3.05) is 4.90 Å². The van der Waals surface area contributed by atoms with Crippen LogP contribution in [0.25, 0.3) is 104 Å². The molecule has 0 radical (unpaired) electrons. The number of aromatic nitrogens is 1. The molecular formula is C69H48N2. The van der Waals surface area contributed by atoms with Gasteiger partial charge >= 0.3 is 0 Å². The van der Waals surface area contributed by atoms with Gasteiger partial charge in [0.1, 0.15) is 0 Å². The van der Waals surface area contributed by atoms with E-state index in [1.807, 2.05) is 0 Å². The van der Waals surface area contributed by atoms with Crippen LogP contribution in [-0.4, -0.2) is 4.57 Å². The van der Waals surface area contributed by atoms with Gasteiger partial charge in [0.25, 0.3) is 0 Å². The Bertz CT molecular complexity index is 4180. The van der Waals surface area contributed by atoms with Gasteiger partial charge in [-0.15, -0.1) is 0 Å². The molecule has 1 aromatic heterocycles. The molecular weight excluding hydrogens is 857 g/mol. The zero-order valence-electron chi connectivity index (χ0n) is 39.6. The van der Waals surface area contributed by atoms with Gasteiger partial charge in [0.15, 0.2) is 0 Å². The number of anilines is 3. The van der Waals surface area contributed by atoms with Crippen LogP contribution in [0, 0.1) is 0 Å². The molecule has 0 atom stereocenters. The number of hydrogen-bond acceptors (Lipinski definition) is 1. The van der Waals surface area contributed by atoms with E-state index in [1.54, 1.807) is 0 Å². The van der Waals surface area contributed by atoms with Crippen LogP contribution in [0.1, 0.15) is 25.0 Å². The highest BCUT2D eigenvalue weighted by molar-refractivity contribution is 6.21. The van der Waals surface area contributed by atoms with Crippen molar-refractivity contribution in [3.8, 4) is 50.2 Å². The molecule has 13 aromatic rings. The summed E-state index contributed by atoms with van der Waals surface area (Å²) in [5.41, 5.74) is 19.6. The van der Waals surface area contributed by atoms with E-state index in [9.17, 15) is 0 Å². The molecule has 71 heavy (non-hydrogen) atoms. The van der Waals surface area contributed by atoms with Crippen LogP contribution in [-0.2, 0) is 5.41 Å². The van der Waals surface area contributed by atoms with Crippen molar-refractivity contribution in [1.29, 1.82) is 0 Å². The highest BCUT2D eigenvalue weighted by atomic mass is 15.1. The maximum Gasteiger partial charge on any atom is 0.0542 e. The van der Waals surface area contributed by atoms with Gasteiger partial charge in [0.05, 0.1) is 11.0 Å². The van der Waals surface area contributed by atoms with Gasteiger partial charge in [-0.3, -0.25) is 0 Å². The summed E-state index contributed by atoms with van der Waals surface area (Å²) in [5.74, 6) is 0. The third-order valence-corrected chi connectivity index (χ3v) is 15.4. The SMILES string of the molecule is CC1(C)c2ccccc2-c2ccc(-c3c4ccccc4c(-c4ccc(N(c5ccc(-c6ccc7ccccc7c6)cc5)c5ccc6c(c5)c5ccccc5n6-c5ccccc5)cc4)c4ccccc34)cc21. The number of benzene rings is 12. The molecule has 0 aliphatic heterocycles. The lowest BCUT2D eigenvalue weighted by atomic mass is 9.80. The fourth-order valence-electron chi connectivity index (χ4n) is 12.0. The van der Waals surface area contributed by atoms with E-state index in [1.165, 1.54) is 110 Å². The molecule has 2 heteroatoms. The zero-order valence-corrected chi connectivity index (χ0v) is 39.6. The Morgan fingerprint density at radius 2 is 0.817 bits per heavy atom. The summed E-state index contributed by atoms with van der Waals surface area (Å²) in [6.07, 6.45) is 0. The van der Waals surface area contributed by atoms with Crippen molar-refractivity contribution in [3.63, 3.8) is 0 Å². The first kappa shape index (κ1) is 41.0. The quantitative estimate of drug-likeness (QED) is 0.145. The molecule has 12 aromatic carbocycles. The fourth-order valence-corrected chi connectivity index (χ4v) is 12.0. The Morgan fingerprint density at radius 1 is 0.310 bits per heavy atom. The van der Waals surface area contributed by atoms with Gasteiger partial charge in [-0.25, -0.2) is 0 Å². The van der Waals surface area contributed by atoms with Gasteiger partial charge < -0.3 is 9.47 Å². The predicted octanol–water partition coefficient (Wildman–Crippen LogP) is 19.0. The molecule has 0 unspecified atom stereocenters. The predicted molar refractivity (Wildman–Crippen MR) is 302 cm³/mol. The summed E-state index contributed by atoms with van der Waals surface area (Å²) in [7, 11) is 0. The van der Waals surface area contributed by atoms with Gasteiger partial charge in [-0.2, -0.15) is 0 Å². The normalized spacial score (nSPS) is 12.8. The second-order valence-electron chi connectivity index (χ2n) is 19.7. The standard InChI is InChI=1S/C69H48N2/c1-69(2)63-26-14-12-20-55(63)56-40-34-50(43-64(56)69)68-60-24-10-8-22-58(60)67(59-23-9-11-25-61(59)68)47-32-37-53(38-33-47)70(52-35-30-46(31-36-52)49-29-28-45-16-6-7-17-48(45)42-49)54-39-41-66-62(44-54)57-21-13-15-27-65(57)71(66)51-18-4-3-5-19-51/h3-44H,1-2H3. The van der Waals surface area contributed by atoms with Gasteiger partial charge in [-0.05, 0) is 161 Å². The third-order valence-electron chi connectivity index (χ3n) is 15.4. The average molecular weight is 905 g/mol. The molecule has 0 spiro atoms. The summed E-state index contributed by atoms with van der Waals surface area (Å²) in [6, 6.07) is 94.2. The first-order chi connectivity index (χ1) is 35.0. The Balaban J connectivity index is 0.915. The van der Waals surface area contributed by atoms with Crippen LogP contribution in [0.4, 0.5) is 17.1 Å². The van der Waals surface area contributed by atoms with E-state index >= 15 is 0 Å². The van der Waals surface area contributed by atoms with Crippen molar-refractivity contribution >= 4 is 71.2 Å². The van der Waals surface area contributed by atoms with E-state index in [-0.39, 0.29) is 5.41 Å². The van der Waals surface area contributed by atoms with Crippen molar-refractivity contribution in [1.82, 2.24) is 4.57 Å². The molecule has 1 aliphatic carbocycles. The molecule has 1 heterocycles. The molecule has 0 fully saturated rings. The first-order valence-electron chi connectivity index (χ1n) is 24.7. The van der Waals surface area contributed by atoms with E-state index in [2.05, 4.69) is 278 Å².